The van der Waals surface area contributed by atoms with Crippen LogP contribution in [0.3, 0.4) is 0 Å². The number of alkyl halides is 3. The molecule has 0 saturated heterocycles. The van der Waals surface area contributed by atoms with E-state index in [-0.39, 0.29) is 29.4 Å². The molecule has 1 aliphatic rings. The largest absolute Gasteiger partial charge is 0.415 e. The Morgan fingerprint density at radius 3 is 1.44 bits per heavy atom. The van der Waals surface area contributed by atoms with Gasteiger partial charge in [0.25, 0.3) is 5.56 Å². The molecule has 0 saturated carbocycles. The highest BCUT2D eigenvalue weighted by Gasteiger charge is 2.57. The molecule has 0 atom stereocenters. The molecule has 0 aliphatic heterocycles. The number of nitrogens with zero attached hydrogens (tertiary/aromatic N) is 4. The SMILES string of the molecule is [B]c1c([B])c(C([B])([B])Sc2nc(=O)c3c(n2CC(=O)N(CCN(C([B])([B])C)C([B])([B])C)Cc2c([B])c([B])c(-c4c([B])c([B])c(C(F)(F)F)c([B])c4[B])c([B])c2[B])C([B])([B])C([B])([B])C3([B])[B])c([B])c([B])c1F. The molecule has 3 aromatic carbocycles. The molecule has 1 aromatic heterocycles. The first-order valence-electron chi connectivity index (χ1n) is 20.3. The maximum absolute atomic E-state index is 15.2. The maximum Gasteiger partial charge on any atom is 0.415 e. The Bertz CT molecular complexity index is 2840. The summed E-state index contributed by atoms with van der Waals surface area (Å²) in [5.41, 5.74) is -13.2. The van der Waals surface area contributed by atoms with Gasteiger partial charge in [-0.25, -0.2) is 4.39 Å². The fourth-order valence-electron chi connectivity index (χ4n) is 8.39. The average Bonchev–Trinajstić information content (AvgIpc) is 3.32. The van der Waals surface area contributed by atoms with Crippen LogP contribution >= 0.6 is 11.8 Å². The van der Waals surface area contributed by atoms with Crippen LogP contribution in [0.25, 0.3) is 11.1 Å². The van der Waals surface area contributed by atoms with Crippen LogP contribution in [0.2, 0.25) is 5.21 Å². The summed E-state index contributed by atoms with van der Waals surface area (Å²) in [5, 5.41) is -11.9. The second kappa shape index (κ2) is 19.6. The molecule has 296 valence electrons. The summed E-state index contributed by atoms with van der Waals surface area (Å²) in [7, 11) is 151. The van der Waals surface area contributed by atoms with E-state index in [0.29, 0.717) is 0 Å². The second-order valence-corrected chi connectivity index (χ2v) is 18.9. The number of fused-ring (bicyclic) bond motifs is 1. The fraction of sp³-hybridized carbons (Fsp3) is 0.361. The maximum atomic E-state index is 15.2. The standard InChI is InChI=1S/C36H14B24F4N4O2S/c1-30(49,50)68(31(2,51)52)4-3-66(5-7-14(37)16(39)9(17(40)15(7)38)10-18(41)22(45)12(35(62,63)64)23(46)19(10)42)8(69)6-67-27-13(32(53,54)36(59,60)33(27,55)56)28(70)65-29(67)71-34(57,58)11-20(43)24(47)26(61)25(48)21(11)44/h3-6H2,1-2H3. The summed E-state index contributed by atoms with van der Waals surface area (Å²) < 4.78 is 55.4. The second-order valence-electron chi connectivity index (χ2n) is 17.7. The van der Waals surface area contributed by atoms with Crippen LogP contribution in [-0.2, 0) is 39.0 Å². The molecule has 1 amide bonds. The summed E-state index contributed by atoms with van der Waals surface area (Å²) in [6.07, 6.45) is -5.10. The topological polar surface area (TPSA) is 58.4 Å². The lowest BCUT2D eigenvalue weighted by Gasteiger charge is -2.48. The zero-order valence-electron chi connectivity index (χ0n) is 38.2. The molecule has 48 radical (unpaired) electrons. The molecule has 6 nitrogen and oxygen atoms in total. The monoisotopic (exact) mass is 906 g/mol. The molecule has 0 spiro atoms. The third-order valence-corrected chi connectivity index (χ3v) is 13.3. The van der Waals surface area contributed by atoms with Crippen molar-refractivity contribution in [2.24, 2.45) is 0 Å². The molecular formula is C36H14B24F4N4O2S. The van der Waals surface area contributed by atoms with Crippen LogP contribution in [0.5, 0.6) is 0 Å². The van der Waals surface area contributed by atoms with E-state index < -0.39 is 173 Å². The van der Waals surface area contributed by atoms with Gasteiger partial charge in [0.05, 0.1) is 94.2 Å². The Morgan fingerprint density at radius 2 is 1.03 bits per heavy atom. The molecule has 4 aromatic rings. The van der Waals surface area contributed by atoms with Gasteiger partial charge in [-0.15, -0.1) is 5.21 Å². The molecule has 0 N–H and O–H groups in total. The van der Waals surface area contributed by atoms with Crippen LogP contribution < -0.4 is 71.1 Å². The zero-order chi connectivity index (χ0) is 54.8. The van der Waals surface area contributed by atoms with Crippen molar-refractivity contribution in [3.63, 3.8) is 0 Å². The summed E-state index contributed by atoms with van der Waals surface area (Å²) in [5.74, 6) is -2.20. The third-order valence-electron chi connectivity index (χ3n) is 12.3. The van der Waals surface area contributed by atoms with E-state index in [0.717, 1.165) is 9.47 Å². The van der Waals surface area contributed by atoms with E-state index in [4.69, 9.17) is 188 Å². The highest BCUT2D eigenvalue weighted by atomic mass is 32.2. The van der Waals surface area contributed by atoms with Gasteiger partial charge in [0.1, 0.15) is 107 Å². The number of aromatic nitrogens is 2. The minimum absolute atomic E-state index is 0.184. The first-order valence-corrected chi connectivity index (χ1v) is 21.1. The molecule has 71 heavy (non-hydrogen) atoms. The van der Waals surface area contributed by atoms with Gasteiger partial charge >= 0.3 is 6.18 Å². The van der Waals surface area contributed by atoms with Crippen LogP contribution in [0, 0.1) is 5.82 Å². The third kappa shape index (κ3) is 10.1. The normalized spacial score (nSPS) is 15.4. The van der Waals surface area contributed by atoms with Gasteiger partial charge in [-0.05, 0) is 21.2 Å². The summed E-state index contributed by atoms with van der Waals surface area (Å²) in [4.78, 5) is 35.5. The van der Waals surface area contributed by atoms with Gasteiger partial charge in [-0.1, -0.05) is 118 Å². The molecule has 1 aliphatic carbocycles. The Hall–Kier alpha value is -2.40. The number of hydrogen-bond acceptors (Lipinski definition) is 5. The predicted molar refractivity (Wildman–Crippen MR) is 298 cm³/mol. The number of rotatable bonds is 13. The summed E-state index contributed by atoms with van der Waals surface area (Å²) >= 11 is 0.276. The van der Waals surface area contributed by atoms with E-state index in [1.54, 1.807) is 0 Å². The number of thioether (sulfide) groups is 1. The average molecular weight is 902 g/mol. The number of benzene rings is 3. The highest BCUT2D eigenvalue weighted by Crippen LogP contribution is 2.57. The Kier molecular flexibility index (Phi) is 16.4. The van der Waals surface area contributed by atoms with Crippen molar-refractivity contribution in [2.45, 2.75) is 69.1 Å². The predicted octanol–water partition coefficient (Wildman–Crippen LogP) is -13.4. The van der Waals surface area contributed by atoms with Crippen molar-refractivity contribution >= 4 is 272 Å². The Morgan fingerprint density at radius 1 is 0.620 bits per heavy atom. The fourth-order valence-corrected chi connectivity index (χ4v) is 9.41. The van der Waals surface area contributed by atoms with Gasteiger partial charge in [-0.2, -0.15) is 18.2 Å². The van der Waals surface area contributed by atoms with Crippen molar-refractivity contribution in [3.05, 3.63) is 44.1 Å². The number of carbonyl (C=O) groups excluding carboxylic acids is 1. The van der Waals surface area contributed by atoms with E-state index in [2.05, 4.69) is 4.98 Å². The van der Waals surface area contributed by atoms with Crippen LogP contribution in [0.15, 0.2) is 9.95 Å². The van der Waals surface area contributed by atoms with Gasteiger partial charge in [0, 0.05) is 36.5 Å². The van der Waals surface area contributed by atoms with E-state index >= 15 is 4.79 Å². The molecule has 0 fully saturated rings. The van der Waals surface area contributed by atoms with Crippen LogP contribution in [-0.4, -0.2) is 237 Å². The lowest BCUT2D eigenvalue weighted by atomic mass is 9.20. The molecule has 35 heteroatoms. The van der Waals surface area contributed by atoms with Gasteiger partial charge in [-0.3, -0.25) is 9.59 Å². The Labute approximate surface area is 448 Å². The van der Waals surface area contributed by atoms with E-state index in [1.165, 1.54) is 18.7 Å². The smallest absolute Gasteiger partial charge is 0.336 e. The van der Waals surface area contributed by atoms with Crippen molar-refractivity contribution < 1.29 is 22.4 Å². The first kappa shape index (κ1) is 59.5. The van der Waals surface area contributed by atoms with E-state index in [1.807, 2.05) is 0 Å². The van der Waals surface area contributed by atoms with E-state index in [9.17, 15) is 22.4 Å². The number of amides is 1. The lowest BCUT2D eigenvalue weighted by molar-refractivity contribution is -0.136. The van der Waals surface area contributed by atoms with Gasteiger partial charge in [0.2, 0.25) is 5.91 Å². The number of carbonyl (C=O) groups is 1. The quantitative estimate of drug-likeness (QED) is 0.0579. The first-order chi connectivity index (χ1) is 31.9. The van der Waals surface area contributed by atoms with Crippen molar-refractivity contribution in [3.8, 4) is 11.1 Å². The van der Waals surface area contributed by atoms with Gasteiger partial charge in [0.15, 0.2) is 5.16 Å². The van der Waals surface area contributed by atoms with Crippen molar-refractivity contribution in [2.75, 3.05) is 13.1 Å². The number of hydrogen-bond donors (Lipinski definition) is 0. The van der Waals surface area contributed by atoms with Crippen molar-refractivity contribution in [1.29, 1.82) is 0 Å². The molecule has 5 rings (SSSR count). The minimum atomic E-state index is -5.10. The highest BCUT2D eigenvalue weighted by molar-refractivity contribution is 8.02. The molecule has 0 unspecified atom stereocenters. The molecule has 0 bridgehead atoms. The summed E-state index contributed by atoms with van der Waals surface area (Å²) in [6, 6.07) is 0. The lowest BCUT2D eigenvalue weighted by Crippen LogP contribution is -2.62. The van der Waals surface area contributed by atoms with Crippen LogP contribution in [0.1, 0.15) is 41.8 Å². The minimum Gasteiger partial charge on any atom is -0.336 e. The summed E-state index contributed by atoms with van der Waals surface area (Å²) in [6.45, 7) is 0.211. The Balaban J connectivity index is 1.78. The van der Waals surface area contributed by atoms with Crippen LogP contribution in [0.4, 0.5) is 17.6 Å². The molecular weight excluding hydrogens is 888 g/mol. The van der Waals surface area contributed by atoms with Crippen molar-refractivity contribution in [1.82, 2.24) is 19.4 Å². The molecule has 1 heterocycles. The number of halogens is 4. The van der Waals surface area contributed by atoms with Gasteiger partial charge < -0.3 is 14.4 Å². The zero-order valence-corrected chi connectivity index (χ0v) is 39.0.